The number of rotatable bonds is 7. The highest BCUT2D eigenvalue weighted by Crippen LogP contribution is 2.46. The van der Waals surface area contributed by atoms with E-state index in [0.29, 0.717) is 22.6 Å². The van der Waals surface area contributed by atoms with Crippen molar-refractivity contribution < 1.29 is 32.9 Å². The van der Waals surface area contributed by atoms with Crippen molar-refractivity contribution >= 4 is 12.2 Å². The SMILES string of the molecule is COc1ccc(C(C)C(OC(N)=O)c2ccc3c(c2OC)C=CC(C)(C)O3)c(F)c1OC. The fraction of sp³-hybridized carbons (Fsp3) is 0.375. The van der Waals surface area contributed by atoms with Gasteiger partial charge in [-0.3, -0.25) is 0 Å². The van der Waals surface area contributed by atoms with Gasteiger partial charge in [0, 0.05) is 11.5 Å². The topological polar surface area (TPSA) is 89.2 Å². The summed E-state index contributed by atoms with van der Waals surface area (Å²) in [7, 11) is 4.29. The summed E-state index contributed by atoms with van der Waals surface area (Å²) in [5.74, 6) is 0.0443. The average molecular weight is 445 g/mol. The molecule has 172 valence electrons. The quantitative estimate of drug-likeness (QED) is 0.647. The summed E-state index contributed by atoms with van der Waals surface area (Å²) in [5, 5.41) is 0. The van der Waals surface area contributed by atoms with Crippen LogP contribution < -0.4 is 24.7 Å². The van der Waals surface area contributed by atoms with Crippen molar-refractivity contribution in [3.8, 4) is 23.0 Å². The molecule has 32 heavy (non-hydrogen) atoms. The molecule has 1 amide bonds. The van der Waals surface area contributed by atoms with E-state index in [4.69, 9.17) is 29.4 Å². The second-order valence-electron chi connectivity index (χ2n) is 7.99. The van der Waals surface area contributed by atoms with Crippen molar-refractivity contribution in [2.45, 2.75) is 38.4 Å². The van der Waals surface area contributed by atoms with Gasteiger partial charge in [0.15, 0.2) is 17.3 Å². The average Bonchev–Trinajstić information content (AvgIpc) is 2.75. The van der Waals surface area contributed by atoms with Crippen LogP contribution in [0.25, 0.3) is 6.08 Å². The van der Waals surface area contributed by atoms with E-state index in [-0.39, 0.29) is 17.1 Å². The zero-order chi connectivity index (χ0) is 23.6. The van der Waals surface area contributed by atoms with Gasteiger partial charge in [-0.1, -0.05) is 13.0 Å². The Kier molecular flexibility index (Phi) is 6.52. The lowest BCUT2D eigenvalue weighted by Crippen LogP contribution is -2.28. The molecule has 0 fully saturated rings. The Balaban J connectivity index is 2.13. The number of methoxy groups -OCH3 is 3. The van der Waals surface area contributed by atoms with Crippen LogP contribution in [0.2, 0.25) is 0 Å². The Hall–Kier alpha value is -3.42. The maximum atomic E-state index is 15.3. The minimum Gasteiger partial charge on any atom is -0.496 e. The highest BCUT2D eigenvalue weighted by molar-refractivity contribution is 5.70. The van der Waals surface area contributed by atoms with E-state index < -0.39 is 29.5 Å². The monoisotopic (exact) mass is 445 g/mol. The van der Waals surface area contributed by atoms with Crippen LogP contribution in [0.3, 0.4) is 0 Å². The molecule has 0 saturated carbocycles. The fourth-order valence-electron chi connectivity index (χ4n) is 3.88. The van der Waals surface area contributed by atoms with Crippen LogP contribution in [0.5, 0.6) is 23.0 Å². The molecule has 0 saturated heterocycles. The number of halogens is 1. The summed E-state index contributed by atoms with van der Waals surface area (Å²) in [5.41, 5.74) is 6.39. The lowest BCUT2D eigenvalue weighted by Gasteiger charge is -2.31. The van der Waals surface area contributed by atoms with E-state index >= 15 is 4.39 Å². The molecule has 0 radical (unpaired) electrons. The van der Waals surface area contributed by atoms with Crippen LogP contribution in [0.15, 0.2) is 30.3 Å². The first-order chi connectivity index (χ1) is 15.1. The molecule has 1 aliphatic heterocycles. The van der Waals surface area contributed by atoms with Crippen molar-refractivity contribution in [1.29, 1.82) is 0 Å². The molecular weight excluding hydrogens is 417 g/mol. The molecule has 2 atom stereocenters. The number of carbonyl (C=O) groups is 1. The van der Waals surface area contributed by atoms with Crippen LogP contribution in [0, 0.1) is 5.82 Å². The minimum atomic E-state index is -0.990. The zero-order valence-electron chi connectivity index (χ0n) is 19.0. The number of ether oxygens (including phenoxy) is 5. The van der Waals surface area contributed by atoms with Crippen LogP contribution in [0.4, 0.5) is 9.18 Å². The third-order valence-electron chi connectivity index (χ3n) is 5.42. The number of benzene rings is 2. The van der Waals surface area contributed by atoms with E-state index in [1.54, 1.807) is 31.2 Å². The minimum absolute atomic E-state index is 0.0364. The normalized spacial score (nSPS) is 15.7. The Morgan fingerprint density at radius 1 is 1.03 bits per heavy atom. The molecule has 0 aromatic heterocycles. The van der Waals surface area contributed by atoms with Crippen molar-refractivity contribution in [3.63, 3.8) is 0 Å². The van der Waals surface area contributed by atoms with Crippen molar-refractivity contribution in [1.82, 2.24) is 0 Å². The summed E-state index contributed by atoms with van der Waals surface area (Å²) in [6.45, 7) is 5.60. The van der Waals surface area contributed by atoms with Gasteiger partial charge in [0.2, 0.25) is 0 Å². The van der Waals surface area contributed by atoms with Crippen molar-refractivity contribution in [3.05, 3.63) is 52.8 Å². The summed E-state index contributed by atoms with van der Waals surface area (Å²) in [4.78, 5) is 11.8. The first-order valence-electron chi connectivity index (χ1n) is 10.1. The van der Waals surface area contributed by atoms with Gasteiger partial charge < -0.3 is 29.4 Å². The molecule has 1 aliphatic rings. The molecule has 8 heteroatoms. The van der Waals surface area contributed by atoms with E-state index in [1.165, 1.54) is 21.3 Å². The molecule has 2 aromatic rings. The Bertz CT molecular complexity index is 1050. The van der Waals surface area contributed by atoms with Gasteiger partial charge in [0.1, 0.15) is 23.2 Å². The number of hydrogen-bond donors (Lipinski definition) is 1. The van der Waals surface area contributed by atoms with Gasteiger partial charge in [0.05, 0.1) is 26.9 Å². The fourth-order valence-corrected chi connectivity index (χ4v) is 3.88. The number of hydrogen-bond acceptors (Lipinski definition) is 6. The van der Waals surface area contributed by atoms with Crippen molar-refractivity contribution in [2.24, 2.45) is 5.73 Å². The third-order valence-corrected chi connectivity index (χ3v) is 5.42. The lowest BCUT2D eigenvalue weighted by molar-refractivity contribution is 0.0898. The van der Waals surface area contributed by atoms with E-state index in [0.717, 1.165) is 0 Å². The maximum absolute atomic E-state index is 15.3. The van der Waals surface area contributed by atoms with Crippen LogP contribution >= 0.6 is 0 Å². The van der Waals surface area contributed by atoms with Gasteiger partial charge in [0.25, 0.3) is 0 Å². The van der Waals surface area contributed by atoms with Crippen LogP contribution in [-0.2, 0) is 4.74 Å². The van der Waals surface area contributed by atoms with E-state index in [2.05, 4.69) is 0 Å². The first kappa shape index (κ1) is 23.2. The van der Waals surface area contributed by atoms with Gasteiger partial charge in [-0.2, -0.15) is 0 Å². The summed E-state index contributed by atoms with van der Waals surface area (Å²) in [6, 6.07) is 6.66. The van der Waals surface area contributed by atoms with Gasteiger partial charge in [-0.25, -0.2) is 9.18 Å². The van der Waals surface area contributed by atoms with E-state index in [1.807, 2.05) is 26.0 Å². The van der Waals surface area contributed by atoms with Gasteiger partial charge in [-0.15, -0.1) is 0 Å². The highest BCUT2D eigenvalue weighted by Gasteiger charge is 2.33. The Morgan fingerprint density at radius 3 is 2.28 bits per heavy atom. The highest BCUT2D eigenvalue weighted by atomic mass is 19.1. The first-order valence-corrected chi connectivity index (χ1v) is 10.1. The maximum Gasteiger partial charge on any atom is 0.405 e. The smallest absolute Gasteiger partial charge is 0.405 e. The van der Waals surface area contributed by atoms with Crippen LogP contribution in [-0.4, -0.2) is 33.0 Å². The number of nitrogens with two attached hydrogens (primary N) is 1. The predicted molar refractivity (Wildman–Crippen MR) is 118 cm³/mol. The molecule has 0 aliphatic carbocycles. The number of fused-ring (bicyclic) bond motifs is 1. The van der Waals surface area contributed by atoms with E-state index in [9.17, 15) is 4.79 Å². The zero-order valence-corrected chi connectivity index (χ0v) is 19.0. The van der Waals surface area contributed by atoms with Crippen LogP contribution in [0.1, 0.15) is 49.5 Å². The molecule has 0 spiro atoms. The standard InChI is InChI=1S/C24H28FNO6/c1-13(14-7-10-18(28-4)22(30-6)19(14)25)20(31-23(26)27)16-8-9-17-15(21(16)29-5)11-12-24(2,3)32-17/h7-13,20H,1-6H3,(H2,26,27). The second-order valence-corrected chi connectivity index (χ2v) is 7.99. The molecule has 2 N–H and O–H groups in total. The van der Waals surface area contributed by atoms with Gasteiger partial charge >= 0.3 is 6.09 Å². The third kappa shape index (κ3) is 4.30. The summed E-state index contributed by atoms with van der Waals surface area (Å²) < 4.78 is 42.8. The second kappa shape index (κ2) is 8.98. The number of primary amides is 1. The molecule has 3 rings (SSSR count). The Labute approximate surface area is 186 Å². The Morgan fingerprint density at radius 2 is 1.69 bits per heavy atom. The molecule has 7 nitrogen and oxygen atoms in total. The molecular formula is C24H28FNO6. The number of amides is 1. The largest absolute Gasteiger partial charge is 0.496 e. The lowest BCUT2D eigenvalue weighted by atomic mass is 9.87. The number of carbonyl (C=O) groups excluding carboxylic acids is 1. The molecule has 2 unspecified atom stereocenters. The molecule has 0 bridgehead atoms. The molecule has 2 aromatic carbocycles. The summed E-state index contributed by atoms with van der Waals surface area (Å²) in [6.07, 6.45) is 1.87. The molecule has 1 heterocycles. The summed E-state index contributed by atoms with van der Waals surface area (Å²) >= 11 is 0. The van der Waals surface area contributed by atoms with Gasteiger partial charge in [-0.05, 0) is 49.8 Å². The predicted octanol–water partition coefficient (Wildman–Crippen LogP) is 4.98. The van der Waals surface area contributed by atoms with Crippen molar-refractivity contribution in [2.75, 3.05) is 21.3 Å².